The molecule has 8 heteroatoms. The molecule has 0 unspecified atom stereocenters. The van der Waals surface area contributed by atoms with Crippen LogP contribution in [0.3, 0.4) is 0 Å². The number of nitrogens with zero attached hydrogens (tertiary/aromatic N) is 2. The number of alkyl halides is 3. The zero-order valence-corrected chi connectivity index (χ0v) is 10.7. The Morgan fingerprint density at radius 2 is 1.95 bits per heavy atom. The van der Waals surface area contributed by atoms with Crippen LogP contribution in [0.25, 0.3) is 11.3 Å². The molecule has 0 fully saturated rings. The second-order valence-electron chi connectivity index (χ2n) is 4.06. The van der Waals surface area contributed by atoms with E-state index in [1.807, 2.05) is 0 Å². The number of aromatic nitrogens is 1. The fourth-order valence-electron chi connectivity index (χ4n) is 1.75. The van der Waals surface area contributed by atoms with Crippen molar-refractivity contribution in [1.29, 1.82) is 0 Å². The van der Waals surface area contributed by atoms with Gasteiger partial charge in [0.1, 0.15) is 0 Å². The normalized spacial score (nSPS) is 11.2. The van der Waals surface area contributed by atoms with Crippen LogP contribution in [0.2, 0.25) is 0 Å². The summed E-state index contributed by atoms with van der Waals surface area (Å²) in [7, 11) is 1.31. The van der Waals surface area contributed by atoms with Crippen molar-refractivity contribution in [3.63, 3.8) is 0 Å². The predicted molar refractivity (Wildman–Crippen MR) is 67.9 cm³/mol. The van der Waals surface area contributed by atoms with Crippen LogP contribution >= 0.6 is 0 Å². The zero-order chi connectivity index (χ0) is 15.6. The molecule has 0 saturated carbocycles. The predicted octanol–water partition coefficient (Wildman–Crippen LogP) is 3.68. The van der Waals surface area contributed by atoms with Crippen LogP contribution in [0.1, 0.15) is 5.56 Å². The van der Waals surface area contributed by atoms with Crippen molar-refractivity contribution in [2.24, 2.45) is 0 Å². The van der Waals surface area contributed by atoms with E-state index in [0.717, 1.165) is 18.2 Å². The summed E-state index contributed by atoms with van der Waals surface area (Å²) >= 11 is 0. The average Bonchev–Trinajstić information content (AvgIpc) is 2.45. The van der Waals surface area contributed by atoms with Crippen molar-refractivity contribution >= 4 is 5.69 Å². The van der Waals surface area contributed by atoms with Crippen molar-refractivity contribution in [3.8, 4) is 17.1 Å². The number of halogens is 3. The number of rotatable bonds is 3. The highest BCUT2D eigenvalue weighted by atomic mass is 19.4. The molecule has 21 heavy (non-hydrogen) atoms. The largest absolute Gasteiger partial charge is 0.481 e. The van der Waals surface area contributed by atoms with E-state index in [4.69, 9.17) is 4.74 Å². The Balaban J connectivity index is 2.62. The molecule has 0 atom stereocenters. The van der Waals surface area contributed by atoms with Crippen LogP contribution in [0.4, 0.5) is 18.9 Å². The lowest BCUT2D eigenvalue weighted by Gasteiger charge is -2.09. The van der Waals surface area contributed by atoms with Crippen molar-refractivity contribution in [1.82, 2.24) is 4.98 Å². The van der Waals surface area contributed by atoms with Gasteiger partial charge in [0.05, 0.1) is 17.6 Å². The molecular formula is C13H9F3N2O3. The minimum Gasteiger partial charge on any atom is -0.481 e. The Kier molecular flexibility index (Phi) is 3.79. The van der Waals surface area contributed by atoms with Crippen LogP contribution < -0.4 is 4.74 Å². The van der Waals surface area contributed by atoms with Gasteiger partial charge in [0, 0.05) is 17.7 Å². The van der Waals surface area contributed by atoms with Gasteiger partial charge in [0.15, 0.2) is 5.69 Å². The highest BCUT2D eigenvalue weighted by Gasteiger charge is 2.31. The number of ether oxygens (including phenoxy) is 1. The Bertz CT molecular complexity index is 687. The Labute approximate surface area is 117 Å². The summed E-state index contributed by atoms with van der Waals surface area (Å²) < 4.78 is 43.0. The third kappa shape index (κ3) is 3.10. The molecule has 0 saturated heterocycles. The minimum atomic E-state index is -4.54. The lowest BCUT2D eigenvalue weighted by Crippen LogP contribution is -2.05. The highest BCUT2D eigenvalue weighted by molar-refractivity contribution is 5.70. The van der Waals surface area contributed by atoms with Crippen LogP contribution in [0, 0.1) is 10.1 Å². The summed E-state index contributed by atoms with van der Waals surface area (Å²) in [5, 5.41) is 11.0. The van der Waals surface area contributed by atoms with E-state index in [2.05, 4.69) is 4.98 Å². The van der Waals surface area contributed by atoms with Gasteiger partial charge in [-0.05, 0) is 12.1 Å². The summed E-state index contributed by atoms with van der Waals surface area (Å²) in [6.45, 7) is 0. The first-order valence-corrected chi connectivity index (χ1v) is 5.70. The molecule has 0 aliphatic rings. The molecule has 1 aromatic heterocycles. The molecule has 0 N–H and O–H groups in total. The zero-order valence-electron chi connectivity index (χ0n) is 10.7. The fraction of sp³-hybridized carbons (Fsp3) is 0.154. The van der Waals surface area contributed by atoms with Gasteiger partial charge < -0.3 is 4.74 Å². The van der Waals surface area contributed by atoms with Gasteiger partial charge in [-0.3, -0.25) is 10.1 Å². The van der Waals surface area contributed by atoms with E-state index in [1.54, 1.807) is 0 Å². The monoisotopic (exact) mass is 298 g/mol. The van der Waals surface area contributed by atoms with E-state index in [-0.39, 0.29) is 17.1 Å². The number of nitro groups is 1. The topological polar surface area (TPSA) is 65.3 Å². The van der Waals surface area contributed by atoms with Gasteiger partial charge in [-0.2, -0.15) is 13.2 Å². The molecule has 0 aliphatic carbocycles. The first-order valence-electron chi connectivity index (χ1n) is 5.70. The van der Waals surface area contributed by atoms with E-state index >= 15 is 0 Å². The number of benzene rings is 1. The molecule has 0 aliphatic heterocycles. The van der Waals surface area contributed by atoms with Gasteiger partial charge in [-0.25, -0.2) is 4.98 Å². The summed E-state index contributed by atoms with van der Waals surface area (Å²) in [5.41, 5.74) is -1.48. The second kappa shape index (κ2) is 5.39. The van der Waals surface area contributed by atoms with Gasteiger partial charge in [0.2, 0.25) is 5.88 Å². The van der Waals surface area contributed by atoms with E-state index in [9.17, 15) is 23.3 Å². The van der Waals surface area contributed by atoms with Gasteiger partial charge in [-0.1, -0.05) is 12.1 Å². The third-order valence-electron chi connectivity index (χ3n) is 2.72. The third-order valence-corrected chi connectivity index (χ3v) is 2.72. The van der Waals surface area contributed by atoms with Gasteiger partial charge >= 0.3 is 6.18 Å². The molecule has 0 radical (unpaired) electrons. The molecule has 0 spiro atoms. The van der Waals surface area contributed by atoms with Gasteiger partial charge in [-0.15, -0.1) is 0 Å². The lowest BCUT2D eigenvalue weighted by atomic mass is 10.1. The Hall–Kier alpha value is -2.64. The van der Waals surface area contributed by atoms with Crippen LogP contribution in [-0.4, -0.2) is 17.0 Å². The summed E-state index contributed by atoms with van der Waals surface area (Å²) in [4.78, 5) is 14.1. The number of methoxy groups -OCH3 is 1. The molecule has 0 amide bonds. The smallest absolute Gasteiger partial charge is 0.416 e. The number of hydrogen-bond donors (Lipinski definition) is 0. The highest BCUT2D eigenvalue weighted by Crippen LogP contribution is 2.35. The summed E-state index contributed by atoms with van der Waals surface area (Å²) in [6.07, 6.45) is -4.54. The molecule has 2 rings (SSSR count). The average molecular weight is 298 g/mol. The van der Waals surface area contributed by atoms with Crippen LogP contribution in [-0.2, 0) is 6.18 Å². The first kappa shape index (κ1) is 14.8. The van der Waals surface area contributed by atoms with Crippen molar-refractivity contribution < 1.29 is 22.8 Å². The molecule has 1 heterocycles. The fourth-order valence-corrected chi connectivity index (χ4v) is 1.75. The van der Waals surface area contributed by atoms with E-state index in [1.165, 1.54) is 25.3 Å². The van der Waals surface area contributed by atoms with Crippen LogP contribution in [0.5, 0.6) is 5.88 Å². The maximum absolute atomic E-state index is 12.7. The molecule has 110 valence electrons. The minimum absolute atomic E-state index is 0.00424. The molecular weight excluding hydrogens is 289 g/mol. The van der Waals surface area contributed by atoms with Crippen molar-refractivity contribution in [2.45, 2.75) is 6.18 Å². The number of hydrogen-bond acceptors (Lipinski definition) is 4. The molecule has 1 aromatic carbocycles. The molecule has 5 nitrogen and oxygen atoms in total. The quantitative estimate of drug-likeness (QED) is 0.640. The lowest BCUT2D eigenvalue weighted by molar-refractivity contribution is -0.384. The standard InChI is InChI=1S/C13H9F3N2O3/c1-21-11-6-5-10(18(19)20)12(17-11)8-3-2-4-9(7-8)13(14,15)16/h2-7H,1H3. The first-order chi connectivity index (χ1) is 9.82. The molecule has 2 aromatic rings. The van der Waals surface area contributed by atoms with E-state index < -0.39 is 22.4 Å². The summed E-state index contributed by atoms with van der Waals surface area (Å²) in [6, 6.07) is 6.61. The number of pyridine rings is 1. The maximum atomic E-state index is 12.7. The second-order valence-corrected chi connectivity index (χ2v) is 4.06. The molecule has 0 bridgehead atoms. The van der Waals surface area contributed by atoms with Crippen molar-refractivity contribution in [2.75, 3.05) is 7.11 Å². The summed E-state index contributed by atoms with van der Waals surface area (Å²) in [5.74, 6) is 0.0769. The van der Waals surface area contributed by atoms with Crippen LogP contribution in [0.15, 0.2) is 36.4 Å². The Morgan fingerprint density at radius 1 is 1.24 bits per heavy atom. The van der Waals surface area contributed by atoms with Gasteiger partial charge in [0.25, 0.3) is 5.69 Å². The van der Waals surface area contributed by atoms with E-state index in [0.29, 0.717) is 0 Å². The Morgan fingerprint density at radius 3 is 2.52 bits per heavy atom. The van der Waals surface area contributed by atoms with Crippen molar-refractivity contribution in [3.05, 3.63) is 52.1 Å². The SMILES string of the molecule is COc1ccc([N+](=O)[O-])c(-c2cccc(C(F)(F)F)c2)n1. The maximum Gasteiger partial charge on any atom is 0.416 e.